The van der Waals surface area contributed by atoms with Crippen LogP contribution < -0.4 is 10.2 Å². The van der Waals surface area contributed by atoms with Crippen LogP contribution in [0.5, 0.6) is 0 Å². The number of ether oxygens (including phenoxy) is 2. The molecule has 3 aliphatic rings. The molecule has 1 N–H and O–H groups in total. The molecule has 0 saturated carbocycles. The molecule has 3 aliphatic heterocycles. The van der Waals surface area contributed by atoms with Crippen molar-refractivity contribution >= 4 is 63.8 Å². The van der Waals surface area contributed by atoms with Gasteiger partial charge in [0, 0.05) is 44.5 Å². The third kappa shape index (κ3) is 8.04. The fraction of sp³-hybridized carbons (Fsp3) is 0.654. The zero-order valence-electron chi connectivity index (χ0n) is 22.0. The first-order valence-electron chi connectivity index (χ1n) is 12.1. The van der Waals surface area contributed by atoms with Crippen molar-refractivity contribution in [2.45, 2.75) is 52.0 Å². The smallest absolute Gasteiger partial charge is 0.251 e. The van der Waals surface area contributed by atoms with Crippen molar-refractivity contribution in [3.8, 4) is 0 Å². The topological polar surface area (TPSA) is 91.4 Å². The number of rotatable bonds is 7. The van der Waals surface area contributed by atoms with Crippen molar-refractivity contribution in [2.24, 2.45) is 5.92 Å². The number of amides is 2. The average Bonchev–Trinajstić information content (AvgIpc) is 3.39. The molecule has 1 aromatic rings. The standard InChI is InChI=1S/C25H36N4O5.CH4.3H2S/c1-16(2)13-19(25(32)29-14-21(33-4)23-22(29)20(30)15-34-23)26-24(31)17-5-7-18(8-6-17)28-11-9-27(3)10-12-28;;;;/h5-8,16,19,21-23H,9-15H2,1-4H3,(H,26,31);1H4;3*1H2/t19-,21+,22+,23+;;;;/m0..../s1. The molecular formula is C26H46N4O5S3. The van der Waals surface area contributed by atoms with Crippen molar-refractivity contribution in [1.82, 2.24) is 15.1 Å². The third-order valence-corrected chi connectivity index (χ3v) is 7.03. The Balaban J connectivity index is 0.00000342. The van der Waals surface area contributed by atoms with Crippen LogP contribution in [0, 0.1) is 5.92 Å². The molecular weight excluding hydrogens is 545 g/mol. The Morgan fingerprint density at radius 1 is 1.08 bits per heavy atom. The molecule has 2 amide bonds. The van der Waals surface area contributed by atoms with Gasteiger partial charge in [-0.1, -0.05) is 21.3 Å². The fourth-order valence-corrected chi connectivity index (χ4v) is 5.07. The molecule has 218 valence electrons. The molecule has 0 unspecified atom stereocenters. The SMILES string of the molecule is C.CO[C@@H]1CN(C(=O)[C@H](CC(C)C)NC(=O)c2ccc(N3CCN(C)CC3)cc2)[C@@H]2C(=O)CO[C@@H]21.S.S.S. The van der Waals surface area contributed by atoms with Crippen molar-refractivity contribution in [3.05, 3.63) is 29.8 Å². The van der Waals surface area contributed by atoms with Crippen LogP contribution in [-0.4, -0.2) is 105 Å². The van der Waals surface area contributed by atoms with Gasteiger partial charge in [-0.3, -0.25) is 14.4 Å². The van der Waals surface area contributed by atoms with Gasteiger partial charge in [0.15, 0.2) is 5.78 Å². The normalized spacial score (nSPS) is 23.4. The van der Waals surface area contributed by atoms with E-state index in [-0.39, 0.29) is 90.7 Å². The molecule has 3 saturated heterocycles. The Kier molecular flexibility index (Phi) is 15.4. The number of nitrogens with one attached hydrogen (secondary N) is 1. The lowest BCUT2D eigenvalue weighted by atomic mass is 10.0. The predicted molar refractivity (Wildman–Crippen MR) is 166 cm³/mol. The van der Waals surface area contributed by atoms with Crippen LogP contribution in [0.2, 0.25) is 0 Å². The highest BCUT2D eigenvalue weighted by Crippen LogP contribution is 2.30. The lowest BCUT2D eigenvalue weighted by Crippen LogP contribution is -2.52. The Bertz CT molecular complexity index is 913. The number of benzene rings is 1. The zero-order chi connectivity index (χ0) is 24.4. The maximum absolute atomic E-state index is 13.5. The number of ketones is 1. The lowest BCUT2D eigenvalue weighted by Gasteiger charge is -2.34. The fourth-order valence-electron chi connectivity index (χ4n) is 5.07. The van der Waals surface area contributed by atoms with E-state index in [1.165, 1.54) is 4.90 Å². The van der Waals surface area contributed by atoms with E-state index in [0.29, 0.717) is 12.0 Å². The van der Waals surface area contributed by atoms with E-state index in [2.05, 4.69) is 22.2 Å². The van der Waals surface area contributed by atoms with Gasteiger partial charge in [0.1, 0.15) is 30.9 Å². The highest BCUT2D eigenvalue weighted by Gasteiger charge is 2.53. The number of carbonyl (C=O) groups is 3. The van der Waals surface area contributed by atoms with Crippen molar-refractivity contribution in [1.29, 1.82) is 0 Å². The Labute approximate surface area is 248 Å². The molecule has 0 radical (unpaired) electrons. The van der Waals surface area contributed by atoms with E-state index in [4.69, 9.17) is 9.47 Å². The number of hydrogen-bond donors (Lipinski definition) is 1. The number of methoxy groups -OCH3 is 1. The summed E-state index contributed by atoms with van der Waals surface area (Å²) in [5.74, 6) is -0.491. The number of anilines is 1. The maximum Gasteiger partial charge on any atom is 0.251 e. The van der Waals surface area contributed by atoms with Gasteiger partial charge < -0.3 is 29.5 Å². The highest BCUT2D eigenvalue weighted by atomic mass is 32.1. The number of fused-ring (bicyclic) bond motifs is 1. The summed E-state index contributed by atoms with van der Waals surface area (Å²) in [6.07, 6.45) is -0.318. The Morgan fingerprint density at radius 2 is 1.68 bits per heavy atom. The largest absolute Gasteiger partial charge is 0.377 e. The van der Waals surface area contributed by atoms with Crippen LogP contribution >= 0.6 is 40.5 Å². The maximum atomic E-state index is 13.5. The molecule has 0 aromatic heterocycles. The first-order chi connectivity index (χ1) is 16.3. The first kappa shape index (κ1) is 36.6. The highest BCUT2D eigenvalue weighted by molar-refractivity contribution is 7.59. The zero-order valence-corrected chi connectivity index (χ0v) is 25.0. The van der Waals surface area contributed by atoms with Crippen LogP contribution in [0.1, 0.15) is 38.1 Å². The van der Waals surface area contributed by atoms with Crippen molar-refractivity contribution in [3.63, 3.8) is 0 Å². The monoisotopic (exact) mass is 590 g/mol. The number of carbonyl (C=O) groups excluding carboxylic acids is 3. The number of likely N-dealkylation sites (tertiary alicyclic amines) is 1. The van der Waals surface area contributed by atoms with E-state index in [9.17, 15) is 14.4 Å². The molecule has 0 bridgehead atoms. The van der Waals surface area contributed by atoms with Gasteiger partial charge in [0.2, 0.25) is 5.91 Å². The van der Waals surface area contributed by atoms with E-state index in [1.54, 1.807) is 19.2 Å². The average molecular weight is 591 g/mol. The van der Waals surface area contributed by atoms with Crippen LogP contribution in [0.3, 0.4) is 0 Å². The molecule has 9 nitrogen and oxygen atoms in total. The summed E-state index contributed by atoms with van der Waals surface area (Å²) in [5.41, 5.74) is 1.60. The van der Waals surface area contributed by atoms with Gasteiger partial charge in [0.05, 0.1) is 6.54 Å². The Morgan fingerprint density at radius 3 is 2.24 bits per heavy atom. The second-order valence-electron chi connectivity index (χ2n) is 9.94. The summed E-state index contributed by atoms with van der Waals surface area (Å²) < 4.78 is 11.1. The Hall–Kier alpha value is -1.44. The van der Waals surface area contributed by atoms with Gasteiger partial charge >= 0.3 is 0 Å². The molecule has 3 heterocycles. The first-order valence-corrected chi connectivity index (χ1v) is 12.1. The molecule has 4 rings (SSSR count). The van der Waals surface area contributed by atoms with Crippen LogP contribution in [0.25, 0.3) is 0 Å². The summed E-state index contributed by atoms with van der Waals surface area (Å²) in [4.78, 5) is 45.2. The molecule has 12 heteroatoms. The molecule has 3 fully saturated rings. The molecule has 1 aromatic carbocycles. The van der Waals surface area contributed by atoms with Gasteiger partial charge in [-0.05, 0) is 43.7 Å². The van der Waals surface area contributed by atoms with E-state index >= 15 is 0 Å². The van der Waals surface area contributed by atoms with E-state index in [0.717, 1.165) is 31.9 Å². The summed E-state index contributed by atoms with van der Waals surface area (Å²) in [7, 11) is 3.67. The second kappa shape index (κ2) is 16.0. The minimum atomic E-state index is -0.727. The molecule has 0 spiro atoms. The minimum absolute atomic E-state index is 0. The lowest BCUT2D eigenvalue weighted by molar-refractivity contribution is -0.138. The molecule has 0 aliphatic carbocycles. The van der Waals surface area contributed by atoms with Crippen molar-refractivity contribution in [2.75, 3.05) is 58.4 Å². The van der Waals surface area contributed by atoms with Crippen LogP contribution in [0.15, 0.2) is 24.3 Å². The van der Waals surface area contributed by atoms with Gasteiger partial charge in [-0.25, -0.2) is 0 Å². The summed E-state index contributed by atoms with van der Waals surface area (Å²) in [6, 6.07) is 6.16. The van der Waals surface area contributed by atoms with Gasteiger partial charge in [0.25, 0.3) is 5.91 Å². The minimum Gasteiger partial charge on any atom is -0.377 e. The summed E-state index contributed by atoms with van der Waals surface area (Å²) >= 11 is 0. The number of Topliss-reactive ketones (excluding diaryl/α,β-unsaturated/α-hetero) is 1. The van der Waals surface area contributed by atoms with Gasteiger partial charge in [-0.2, -0.15) is 40.5 Å². The van der Waals surface area contributed by atoms with Crippen molar-refractivity contribution < 1.29 is 23.9 Å². The quantitative estimate of drug-likeness (QED) is 0.518. The summed E-state index contributed by atoms with van der Waals surface area (Å²) in [6.45, 7) is 8.21. The van der Waals surface area contributed by atoms with E-state index in [1.807, 2.05) is 26.0 Å². The number of piperazine rings is 1. The van der Waals surface area contributed by atoms with Crippen LogP contribution in [-0.2, 0) is 19.1 Å². The number of nitrogens with zero attached hydrogens (tertiary/aromatic N) is 3. The number of hydrogen-bond acceptors (Lipinski definition) is 7. The number of likely N-dealkylation sites (N-methyl/N-ethyl adjacent to an activating group) is 1. The summed E-state index contributed by atoms with van der Waals surface area (Å²) in [5, 5.41) is 2.93. The second-order valence-corrected chi connectivity index (χ2v) is 9.94. The molecule has 4 atom stereocenters. The van der Waals surface area contributed by atoms with E-state index < -0.39 is 18.2 Å². The van der Waals surface area contributed by atoms with Gasteiger partial charge in [-0.15, -0.1) is 0 Å². The predicted octanol–water partition coefficient (Wildman–Crippen LogP) is 1.75. The van der Waals surface area contributed by atoms with Crippen LogP contribution in [0.4, 0.5) is 5.69 Å². The third-order valence-electron chi connectivity index (χ3n) is 7.03. The molecule has 38 heavy (non-hydrogen) atoms.